The molecule has 4 aromatic rings. The number of benzene rings is 3. The van der Waals surface area contributed by atoms with E-state index in [0.717, 1.165) is 23.2 Å². The molecule has 1 aromatic heterocycles. The minimum atomic E-state index is -0.663. The van der Waals surface area contributed by atoms with Crippen LogP contribution in [0.1, 0.15) is 37.9 Å². The van der Waals surface area contributed by atoms with Gasteiger partial charge in [-0.15, -0.1) is 0 Å². The van der Waals surface area contributed by atoms with Gasteiger partial charge in [0.2, 0.25) is 0 Å². The van der Waals surface area contributed by atoms with Crippen molar-refractivity contribution in [1.82, 2.24) is 15.2 Å². The van der Waals surface area contributed by atoms with E-state index in [-0.39, 0.29) is 18.4 Å². The smallest absolute Gasteiger partial charge is 0.255 e. The Hall–Kier alpha value is -4.33. The molecule has 7 nitrogen and oxygen atoms in total. The average Bonchev–Trinajstić information content (AvgIpc) is 2.92. The van der Waals surface area contributed by atoms with Crippen molar-refractivity contribution in [1.29, 1.82) is 0 Å². The minimum Gasteiger partial charge on any atom is -0.394 e. The van der Waals surface area contributed by atoms with E-state index in [9.17, 15) is 14.7 Å². The maximum absolute atomic E-state index is 12.9. The van der Waals surface area contributed by atoms with Crippen LogP contribution in [-0.4, -0.2) is 47.5 Å². The molecule has 1 atom stereocenters. The van der Waals surface area contributed by atoms with Crippen molar-refractivity contribution in [2.75, 3.05) is 26.0 Å². The Morgan fingerprint density at radius 1 is 0.838 bits per heavy atom. The number of aliphatic hydroxyl groups is 1. The molecule has 1 heterocycles. The highest BCUT2D eigenvalue weighted by molar-refractivity contribution is 6.04. The maximum atomic E-state index is 12.9. The Balaban J connectivity index is 1.44. The van der Waals surface area contributed by atoms with Gasteiger partial charge < -0.3 is 20.6 Å². The van der Waals surface area contributed by atoms with E-state index < -0.39 is 6.04 Å². The van der Waals surface area contributed by atoms with E-state index in [0.29, 0.717) is 22.4 Å². The van der Waals surface area contributed by atoms with Gasteiger partial charge in [-0.25, -0.2) is 0 Å². The number of carbonyl (C=O) groups is 2. The number of pyridine rings is 1. The van der Waals surface area contributed by atoms with Gasteiger partial charge in [0, 0.05) is 35.8 Å². The molecule has 0 aliphatic carbocycles. The van der Waals surface area contributed by atoms with Crippen LogP contribution in [0.2, 0.25) is 0 Å². The lowest BCUT2D eigenvalue weighted by Gasteiger charge is -2.18. The third kappa shape index (κ3) is 6.88. The van der Waals surface area contributed by atoms with E-state index >= 15 is 0 Å². The van der Waals surface area contributed by atoms with Crippen molar-refractivity contribution in [2.24, 2.45) is 0 Å². The summed E-state index contributed by atoms with van der Waals surface area (Å²) in [5.41, 5.74) is 5.33. The second-order valence-electron chi connectivity index (χ2n) is 9.04. The molecule has 0 bridgehead atoms. The lowest BCUT2D eigenvalue weighted by molar-refractivity contribution is 0.0916. The van der Waals surface area contributed by atoms with E-state index in [1.54, 1.807) is 48.8 Å². The number of aliphatic hydroxyl groups excluding tert-OH is 1. The summed E-state index contributed by atoms with van der Waals surface area (Å²) in [6.07, 6.45) is 3.44. The normalized spacial score (nSPS) is 11.7. The Morgan fingerprint density at radius 3 is 2.24 bits per heavy atom. The average molecular weight is 495 g/mol. The molecule has 0 saturated heterocycles. The van der Waals surface area contributed by atoms with Crippen LogP contribution in [0, 0.1) is 0 Å². The number of anilines is 1. The highest BCUT2D eigenvalue weighted by Gasteiger charge is 2.17. The first-order valence-corrected chi connectivity index (χ1v) is 12.0. The molecule has 3 N–H and O–H groups in total. The fourth-order valence-corrected chi connectivity index (χ4v) is 4.05. The van der Waals surface area contributed by atoms with Crippen LogP contribution >= 0.6 is 0 Å². The topological polar surface area (TPSA) is 94.6 Å². The van der Waals surface area contributed by atoms with Gasteiger partial charge in [0.25, 0.3) is 11.8 Å². The molecular weight excluding hydrogens is 464 g/mol. The molecular formula is C30H30N4O3. The van der Waals surface area contributed by atoms with Gasteiger partial charge in [-0.05, 0) is 84.9 Å². The molecule has 0 unspecified atom stereocenters. The van der Waals surface area contributed by atoms with Gasteiger partial charge in [0.1, 0.15) is 0 Å². The fraction of sp³-hybridized carbons (Fsp3) is 0.167. The van der Waals surface area contributed by atoms with E-state index in [1.165, 1.54) is 0 Å². The lowest BCUT2D eigenvalue weighted by Crippen LogP contribution is -2.31. The summed E-state index contributed by atoms with van der Waals surface area (Å²) in [4.78, 5) is 31.9. The Labute approximate surface area is 216 Å². The summed E-state index contributed by atoms with van der Waals surface area (Å²) in [5, 5.41) is 15.8. The van der Waals surface area contributed by atoms with Crippen LogP contribution in [0.15, 0.2) is 97.3 Å². The Kier molecular flexibility index (Phi) is 8.40. The van der Waals surface area contributed by atoms with E-state index in [4.69, 9.17) is 0 Å². The minimum absolute atomic E-state index is 0.265. The highest BCUT2D eigenvalue weighted by atomic mass is 16.3. The summed E-state index contributed by atoms with van der Waals surface area (Å²) < 4.78 is 0. The van der Waals surface area contributed by atoms with Crippen molar-refractivity contribution < 1.29 is 14.7 Å². The van der Waals surface area contributed by atoms with Crippen LogP contribution in [0.4, 0.5) is 5.69 Å². The Bertz CT molecular complexity index is 1350. The molecule has 0 aliphatic rings. The quantitative estimate of drug-likeness (QED) is 0.318. The van der Waals surface area contributed by atoms with Gasteiger partial charge >= 0.3 is 0 Å². The number of amides is 2. The highest BCUT2D eigenvalue weighted by Crippen LogP contribution is 2.21. The molecule has 0 aliphatic heterocycles. The number of nitrogens with zero attached hydrogens (tertiary/aromatic N) is 2. The van der Waals surface area contributed by atoms with Gasteiger partial charge in [0.15, 0.2) is 0 Å². The second-order valence-corrected chi connectivity index (χ2v) is 9.04. The first kappa shape index (κ1) is 25.8. The Morgan fingerprint density at radius 2 is 1.54 bits per heavy atom. The number of aromatic nitrogens is 1. The number of nitrogens with one attached hydrogen (secondary N) is 2. The molecule has 188 valence electrons. The van der Waals surface area contributed by atoms with Gasteiger partial charge in [0.05, 0.1) is 12.6 Å². The lowest BCUT2D eigenvalue weighted by atomic mass is 10.0. The zero-order valence-corrected chi connectivity index (χ0v) is 20.9. The monoisotopic (exact) mass is 494 g/mol. The first-order chi connectivity index (χ1) is 17.9. The fourth-order valence-electron chi connectivity index (χ4n) is 4.05. The van der Waals surface area contributed by atoms with Crippen molar-refractivity contribution >= 4 is 17.5 Å². The summed E-state index contributed by atoms with van der Waals surface area (Å²) >= 11 is 0. The van der Waals surface area contributed by atoms with E-state index in [2.05, 4.69) is 20.5 Å². The molecule has 0 radical (unpaired) electrons. The van der Waals surface area contributed by atoms with Crippen LogP contribution in [0.3, 0.4) is 0 Å². The van der Waals surface area contributed by atoms with Crippen LogP contribution in [-0.2, 0) is 6.54 Å². The van der Waals surface area contributed by atoms with Crippen molar-refractivity contribution in [3.8, 4) is 11.1 Å². The zero-order valence-electron chi connectivity index (χ0n) is 20.9. The second kappa shape index (κ2) is 12.1. The molecule has 7 heteroatoms. The van der Waals surface area contributed by atoms with Crippen LogP contribution < -0.4 is 10.6 Å². The van der Waals surface area contributed by atoms with Crippen molar-refractivity contribution in [3.05, 3.63) is 120 Å². The number of hydrogen-bond acceptors (Lipinski definition) is 5. The molecule has 4 rings (SSSR count). The predicted molar refractivity (Wildman–Crippen MR) is 145 cm³/mol. The molecule has 0 fully saturated rings. The maximum Gasteiger partial charge on any atom is 0.255 e. The van der Waals surface area contributed by atoms with E-state index in [1.807, 2.05) is 62.6 Å². The predicted octanol–water partition coefficient (Wildman–Crippen LogP) is 4.53. The SMILES string of the molecule is CN(C)Cc1cccc(NC(=O)c2cccc([C@@H](CO)NC(=O)c3ccc(-c4ccncc4)cc3)c2)c1. The summed E-state index contributed by atoms with van der Waals surface area (Å²) in [5.74, 6) is -0.577. The standard InChI is InChI=1S/C30H30N4O3/c1-34(2)19-21-5-3-8-27(17-21)32-30(37)26-7-4-6-25(18-26)28(20-35)33-29(36)24-11-9-22(10-12-24)23-13-15-31-16-14-23/h3-18,28,35H,19-20H2,1-2H3,(H,32,37)(H,33,36)/t28-/m1/s1. The van der Waals surface area contributed by atoms with Gasteiger partial charge in [-0.2, -0.15) is 0 Å². The van der Waals surface area contributed by atoms with Gasteiger partial charge in [-0.1, -0.05) is 36.4 Å². The molecule has 3 aromatic carbocycles. The summed E-state index contributed by atoms with van der Waals surface area (Å²) in [7, 11) is 3.98. The van der Waals surface area contributed by atoms with Crippen molar-refractivity contribution in [3.63, 3.8) is 0 Å². The zero-order chi connectivity index (χ0) is 26.2. The molecule has 0 spiro atoms. The molecule has 37 heavy (non-hydrogen) atoms. The largest absolute Gasteiger partial charge is 0.394 e. The third-order valence-corrected chi connectivity index (χ3v) is 5.88. The number of carbonyl (C=O) groups excluding carboxylic acids is 2. The summed E-state index contributed by atoms with van der Waals surface area (Å²) in [6, 6.07) is 25.0. The first-order valence-electron chi connectivity index (χ1n) is 12.0. The molecule has 0 saturated carbocycles. The van der Waals surface area contributed by atoms with Crippen molar-refractivity contribution in [2.45, 2.75) is 12.6 Å². The van der Waals surface area contributed by atoms with Crippen LogP contribution in [0.5, 0.6) is 0 Å². The van der Waals surface area contributed by atoms with Crippen LogP contribution in [0.25, 0.3) is 11.1 Å². The molecule has 2 amide bonds. The number of rotatable bonds is 9. The van der Waals surface area contributed by atoms with Gasteiger partial charge in [-0.3, -0.25) is 14.6 Å². The third-order valence-electron chi connectivity index (χ3n) is 5.88. The summed E-state index contributed by atoms with van der Waals surface area (Å²) in [6.45, 7) is 0.460. The number of hydrogen-bond donors (Lipinski definition) is 3.